The van der Waals surface area contributed by atoms with Crippen molar-refractivity contribution in [2.45, 2.75) is 38.1 Å². The first-order valence-corrected chi connectivity index (χ1v) is 11.4. The number of carbonyl (C=O) groups excluding carboxylic acids is 3. The maximum absolute atomic E-state index is 13.1. The summed E-state index contributed by atoms with van der Waals surface area (Å²) >= 11 is 0. The van der Waals surface area contributed by atoms with Crippen molar-refractivity contribution in [1.82, 2.24) is 10.6 Å². The fourth-order valence-electron chi connectivity index (χ4n) is 5.82. The largest absolute Gasteiger partial charge is 0.370 e. The third kappa shape index (κ3) is 3.56. The summed E-state index contributed by atoms with van der Waals surface area (Å²) in [6.07, 6.45) is 2.26. The van der Waals surface area contributed by atoms with Crippen molar-refractivity contribution >= 4 is 23.4 Å². The van der Waals surface area contributed by atoms with Crippen LogP contribution in [0.4, 0.5) is 10.5 Å². The number of benzene rings is 2. The fourth-order valence-corrected chi connectivity index (χ4v) is 5.82. The van der Waals surface area contributed by atoms with E-state index in [0.29, 0.717) is 44.3 Å². The predicted molar refractivity (Wildman–Crippen MR) is 123 cm³/mol. The smallest absolute Gasteiger partial charge is 0.322 e. The summed E-state index contributed by atoms with van der Waals surface area (Å²) in [5, 5.41) is 14.8. The molecule has 7 nitrogen and oxygen atoms in total. The Morgan fingerprint density at radius 3 is 2.58 bits per heavy atom. The predicted octanol–water partition coefficient (Wildman–Crippen LogP) is 3.11. The number of nitriles is 1. The van der Waals surface area contributed by atoms with Crippen molar-refractivity contribution < 1.29 is 14.4 Å². The minimum atomic E-state index is -1.09. The molecule has 0 bridgehead atoms. The van der Waals surface area contributed by atoms with Gasteiger partial charge in [-0.15, -0.1) is 0 Å². The summed E-state index contributed by atoms with van der Waals surface area (Å²) < 4.78 is 0. The molecule has 2 N–H and O–H groups in total. The molecule has 2 unspecified atom stereocenters. The van der Waals surface area contributed by atoms with Crippen molar-refractivity contribution in [2.75, 3.05) is 18.0 Å². The van der Waals surface area contributed by atoms with Gasteiger partial charge in [0.1, 0.15) is 11.6 Å². The number of fused-ring (bicyclic) bond motifs is 1. The number of anilines is 1. The SMILES string of the molecule is Cc1ccc2c(c1)CC(CC1(C3CCN(c4ccccc4C#N)CC3)NC(=O)NC1=O)C2=O. The number of rotatable bonds is 4. The fraction of sp³-hybridized carbons (Fsp3) is 0.385. The highest BCUT2D eigenvalue weighted by molar-refractivity contribution is 6.08. The molecule has 0 aromatic heterocycles. The first-order chi connectivity index (χ1) is 15.9. The highest BCUT2D eigenvalue weighted by Crippen LogP contribution is 2.41. The van der Waals surface area contributed by atoms with Crippen LogP contribution < -0.4 is 15.5 Å². The highest BCUT2D eigenvalue weighted by Gasteiger charge is 2.54. The van der Waals surface area contributed by atoms with E-state index in [1.807, 2.05) is 43.3 Å². The number of hydrogen-bond acceptors (Lipinski definition) is 5. The van der Waals surface area contributed by atoms with Crippen LogP contribution >= 0.6 is 0 Å². The van der Waals surface area contributed by atoms with Gasteiger partial charge in [-0.25, -0.2) is 4.79 Å². The number of ketones is 1. The van der Waals surface area contributed by atoms with Gasteiger partial charge >= 0.3 is 6.03 Å². The molecule has 2 atom stereocenters. The standard InChI is InChI=1S/C26H26N4O3/c1-16-6-7-21-18(12-16)13-19(23(21)31)14-26(24(32)28-25(33)29-26)20-8-10-30(11-9-20)22-5-3-2-4-17(22)15-27/h2-7,12,19-20H,8-11,13-14H2,1H3,(H2,28,29,32,33). The normalized spacial score (nSPS) is 24.9. The minimum absolute atomic E-state index is 0.0544. The second-order valence-electron chi connectivity index (χ2n) is 9.40. The molecule has 2 fully saturated rings. The second kappa shape index (κ2) is 8.04. The number of para-hydroxylation sites is 1. The van der Waals surface area contributed by atoms with Gasteiger partial charge in [-0.2, -0.15) is 5.26 Å². The zero-order valence-electron chi connectivity index (χ0n) is 18.6. The van der Waals surface area contributed by atoms with Crippen molar-refractivity contribution in [2.24, 2.45) is 11.8 Å². The molecule has 3 aliphatic rings. The van der Waals surface area contributed by atoms with Crippen LogP contribution in [0.5, 0.6) is 0 Å². The molecular formula is C26H26N4O3. The van der Waals surface area contributed by atoms with E-state index >= 15 is 0 Å². The molecule has 5 rings (SSSR count). The highest BCUT2D eigenvalue weighted by atomic mass is 16.2. The number of nitrogens with one attached hydrogen (secondary N) is 2. The quantitative estimate of drug-likeness (QED) is 0.709. The van der Waals surface area contributed by atoms with Gasteiger partial charge in [-0.05, 0) is 56.2 Å². The molecular weight excluding hydrogens is 416 g/mol. The maximum atomic E-state index is 13.1. The number of urea groups is 1. The Balaban J connectivity index is 1.37. The van der Waals surface area contributed by atoms with Gasteiger partial charge in [0.25, 0.3) is 5.91 Å². The first kappa shape index (κ1) is 21.2. The van der Waals surface area contributed by atoms with Crippen molar-refractivity contribution in [3.05, 3.63) is 64.7 Å². The Hall–Kier alpha value is -3.66. The van der Waals surface area contributed by atoms with E-state index in [1.54, 1.807) is 6.07 Å². The molecule has 3 amide bonds. The average Bonchev–Trinajstić information content (AvgIpc) is 3.28. The maximum Gasteiger partial charge on any atom is 0.322 e. The van der Waals surface area contributed by atoms with Crippen molar-refractivity contribution in [3.8, 4) is 6.07 Å². The van der Waals surface area contributed by atoms with E-state index in [-0.39, 0.29) is 23.5 Å². The van der Waals surface area contributed by atoms with E-state index in [9.17, 15) is 19.6 Å². The molecule has 1 aliphatic carbocycles. The van der Waals surface area contributed by atoms with Gasteiger partial charge in [-0.3, -0.25) is 14.9 Å². The minimum Gasteiger partial charge on any atom is -0.370 e. The monoisotopic (exact) mass is 442 g/mol. The summed E-state index contributed by atoms with van der Waals surface area (Å²) in [6.45, 7) is 3.35. The molecule has 33 heavy (non-hydrogen) atoms. The van der Waals surface area contributed by atoms with Crippen LogP contribution in [0.3, 0.4) is 0 Å². The summed E-state index contributed by atoms with van der Waals surface area (Å²) in [4.78, 5) is 40.6. The molecule has 2 saturated heterocycles. The number of aryl methyl sites for hydroxylation is 1. The number of Topliss-reactive ketones (excluding diaryl/α,β-unsaturated/α-hetero) is 1. The number of carbonyl (C=O) groups is 3. The Labute approximate surface area is 192 Å². The number of piperidine rings is 1. The Kier molecular flexibility index (Phi) is 5.16. The topological polar surface area (TPSA) is 102 Å². The van der Waals surface area contributed by atoms with Gasteiger partial charge in [0.05, 0.1) is 11.3 Å². The van der Waals surface area contributed by atoms with E-state index < -0.39 is 11.6 Å². The van der Waals surface area contributed by atoms with Crippen LogP contribution in [0.1, 0.15) is 46.3 Å². The molecule has 0 spiro atoms. The lowest BCUT2D eigenvalue weighted by Gasteiger charge is -2.42. The second-order valence-corrected chi connectivity index (χ2v) is 9.40. The Morgan fingerprint density at radius 1 is 1.12 bits per heavy atom. The molecule has 2 aromatic rings. The third-order valence-corrected chi connectivity index (χ3v) is 7.46. The van der Waals surface area contributed by atoms with Gasteiger partial charge < -0.3 is 10.2 Å². The van der Waals surface area contributed by atoms with Crippen LogP contribution in [0.25, 0.3) is 0 Å². The molecule has 0 radical (unpaired) electrons. The number of amides is 3. The molecule has 2 heterocycles. The van der Waals surface area contributed by atoms with E-state index in [0.717, 1.165) is 22.4 Å². The molecule has 168 valence electrons. The molecule has 2 aromatic carbocycles. The third-order valence-electron chi connectivity index (χ3n) is 7.46. The van der Waals surface area contributed by atoms with Gasteiger partial charge in [-0.1, -0.05) is 35.9 Å². The van der Waals surface area contributed by atoms with E-state index in [4.69, 9.17) is 0 Å². The summed E-state index contributed by atoms with van der Waals surface area (Å²) in [7, 11) is 0. The lowest BCUT2D eigenvalue weighted by Crippen LogP contribution is -2.57. The van der Waals surface area contributed by atoms with Crippen LogP contribution in [0, 0.1) is 30.1 Å². The van der Waals surface area contributed by atoms with Crippen LogP contribution in [0.2, 0.25) is 0 Å². The zero-order chi connectivity index (χ0) is 23.2. The summed E-state index contributed by atoms with van der Waals surface area (Å²) in [5.74, 6) is -0.696. The van der Waals surface area contributed by atoms with Crippen LogP contribution in [0.15, 0.2) is 42.5 Å². The number of hydrogen-bond donors (Lipinski definition) is 2. The summed E-state index contributed by atoms with van der Waals surface area (Å²) in [6, 6.07) is 15.1. The zero-order valence-corrected chi connectivity index (χ0v) is 18.6. The van der Waals surface area contributed by atoms with Gasteiger partial charge in [0, 0.05) is 24.6 Å². The van der Waals surface area contributed by atoms with Crippen molar-refractivity contribution in [1.29, 1.82) is 5.26 Å². The lowest BCUT2D eigenvalue weighted by atomic mass is 9.72. The van der Waals surface area contributed by atoms with Crippen LogP contribution in [-0.4, -0.2) is 36.3 Å². The molecule has 7 heteroatoms. The number of nitrogens with zero attached hydrogens (tertiary/aromatic N) is 2. The van der Waals surface area contributed by atoms with Gasteiger partial charge in [0.2, 0.25) is 0 Å². The lowest BCUT2D eigenvalue weighted by molar-refractivity contribution is -0.126. The van der Waals surface area contributed by atoms with E-state index in [1.165, 1.54) is 0 Å². The van der Waals surface area contributed by atoms with Gasteiger partial charge in [0.15, 0.2) is 5.78 Å². The van der Waals surface area contributed by atoms with Crippen LogP contribution in [-0.2, 0) is 11.2 Å². The Bertz CT molecular complexity index is 1190. The van der Waals surface area contributed by atoms with E-state index in [2.05, 4.69) is 21.6 Å². The number of imide groups is 1. The molecule has 2 aliphatic heterocycles. The average molecular weight is 443 g/mol. The summed E-state index contributed by atoms with van der Waals surface area (Å²) in [5.41, 5.74) is 3.29. The van der Waals surface area contributed by atoms with Crippen molar-refractivity contribution in [3.63, 3.8) is 0 Å². The Morgan fingerprint density at radius 2 is 1.88 bits per heavy atom. The first-order valence-electron chi connectivity index (χ1n) is 11.4. The molecule has 0 saturated carbocycles.